The Balaban J connectivity index is 1.62. The molecule has 134 valence electrons. The monoisotopic (exact) mass is 375 g/mol. The zero-order valence-electron chi connectivity index (χ0n) is 14.0. The summed E-state index contributed by atoms with van der Waals surface area (Å²) in [5.74, 6) is -1.80. The molecule has 1 amide bonds. The van der Waals surface area contributed by atoms with Crippen molar-refractivity contribution in [2.24, 2.45) is 10.9 Å². The Bertz CT molecular complexity index is 911. The van der Waals surface area contributed by atoms with Gasteiger partial charge >= 0.3 is 0 Å². The highest BCUT2D eigenvalue weighted by molar-refractivity contribution is 6.29. The molecule has 2 unspecified atom stereocenters. The molecule has 0 spiro atoms. The molecule has 2 aromatic rings. The summed E-state index contributed by atoms with van der Waals surface area (Å²) in [5.41, 5.74) is 1.78. The maximum atomic E-state index is 14.1. The lowest BCUT2D eigenvalue weighted by Crippen LogP contribution is -2.46. The van der Waals surface area contributed by atoms with Crippen LogP contribution in [0, 0.1) is 24.5 Å². The lowest BCUT2D eigenvalue weighted by atomic mass is 9.89. The van der Waals surface area contributed by atoms with E-state index in [1.165, 1.54) is 18.2 Å². The molecular formula is C19H16ClF2N3O. The number of fused-ring (bicyclic) bond motifs is 1. The number of nitrogens with zero attached hydrogens (tertiary/aromatic N) is 3. The molecule has 2 aliphatic heterocycles. The number of pyridine rings is 1. The highest BCUT2D eigenvalue weighted by atomic mass is 35.5. The molecular weight excluding hydrogens is 360 g/mol. The summed E-state index contributed by atoms with van der Waals surface area (Å²) in [7, 11) is 0. The molecule has 26 heavy (non-hydrogen) atoms. The van der Waals surface area contributed by atoms with Gasteiger partial charge < -0.3 is 4.90 Å². The third kappa shape index (κ3) is 2.78. The lowest BCUT2D eigenvalue weighted by Gasteiger charge is -2.34. The molecule has 4 nitrogen and oxygen atoms in total. The van der Waals surface area contributed by atoms with Crippen molar-refractivity contribution in [1.82, 2.24) is 4.98 Å². The minimum atomic E-state index is -0.649. The molecule has 0 bridgehead atoms. The minimum absolute atomic E-state index is 0.0935. The second kappa shape index (κ2) is 6.43. The number of anilines is 1. The van der Waals surface area contributed by atoms with Crippen LogP contribution < -0.4 is 4.90 Å². The molecule has 0 saturated carbocycles. The lowest BCUT2D eigenvalue weighted by molar-refractivity contribution is -0.123. The van der Waals surface area contributed by atoms with Crippen LogP contribution in [0.5, 0.6) is 0 Å². The van der Waals surface area contributed by atoms with Crippen molar-refractivity contribution in [1.29, 1.82) is 0 Å². The summed E-state index contributed by atoms with van der Waals surface area (Å²) in [4.78, 5) is 23.2. The summed E-state index contributed by atoms with van der Waals surface area (Å²) in [6.45, 7) is 2.36. The van der Waals surface area contributed by atoms with Gasteiger partial charge in [-0.05, 0) is 37.1 Å². The normalized spacial score (nSPS) is 22.4. The molecule has 4 rings (SSSR count). The van der Waals surface area contributed by atoms with Crippen molar-refractivity contribution in [3.63, 3.8) is 0 Å². The Morgan fingerprint density at radius 3 is 2.69 bits per heavy atom. The first kappa shape index (κ1) is 17.1. The average molecular weight is 376 g/mol. The zero-order valence-corrected chi connectivity index (χ0v) is 14.8. The maximum absolute atomic E-state index is 14.1. The van der Waals surface area contributed by atoms with Crippen LogP contribution in [0.4, 0.5) is 14.5 Å². The Labute approximate surface area is 154 Å². The van der Waals surface area contributed by atoms with E-state index in [1.54, 1.807) is 17.2 Å². The van der Waals surface area contributed by atoms with Crippen molar-refractivity contribution in [3.05, 3.63) is 58.4 Å². The van der Waals surface area contributed by atoms with Gasteiger partial charge in [0, 0.05) is 18.7 Å². The Morgan fingerprint density at radius 1 is 1.27 bits per heavy atom. The molecule has 0 aliphatic carbocycles. The van der Waals surface area contributed by atoms with Gasteiger partial charge in [0.2, 0.25) is 5.91 Å². The average Bonchev–Trinajstić information content (AvgIpc) is 3.00. The van der Waals surface area contributed by atoms with Crippen molar-refractivity contribution in [2.45, 2.75) is 25.8 Å². The predicted molar refractivity (Wildman–Crippen MR) is 95.7 cm³/mol. The number of hydrogen-bond acceptors (Lipinski definition) is 3. The van der Waals surface area contributed by atoms with Crippen LogP contribution in [-0.2, 0) is 4.79 Å². The van der Waals surface area contributed by atoms with E-state index in [-0.39, 0.29) is 23.9 Å². The molecule has 1 fully saturated rings. The van der Waals surface area contributed by atoms with Gasteiger partial charge in [-0.2, -0.15) is 0 Å². The molecule has 3 heterocycles. The van der Waals surface area contributed by atoms with Crippen molar-refractivity contribution in [2.75, 3.05) is 11.4 Å². The second-order valence-corrected chi connectivity index (χ2v) is 7.01. The standard InChI is InChI=1S/C19H16ClF2N3O/c1-10-7-17(20)23-9-16(10)25-6-5-14-11(19(25)26)8-15(24-14)18-12(21)3-2-4-13(18)22/h2-4,7,9,11,14H,5-6,8H2,1H3. The third-order valence-corrected chi connectivity index (χ3v) is 5.23. The summed E-state index contributed by atoms with van der Waals surface area (Å²) < 4.78 is 28.1. The van der Waals surface area contributed by atoms with E-state index in [4.69, 9.17) is 11.6 Å². The van der Waals surface area contributed by atoms with Gasteiger partial charge in [-0.25, -0.2) is 13.8 Å². The first-order valence-corrected chi connectivity index (χ1v) is 8.78. The first-order valence-electron chi connectivity index (χ1n) is 8.40. The quantitative estimate of drug-likeness (QED) is 0.746. The topological polar surface area (TPSA) is 45.6 Å². The van der Waals surface area contributed by atoms with E-state index in [2.05, 4.69) is 9.98 Å². The molecule has 0 radical (unpaired) electrons. The summed E-state index contributed by atoms with van der Waals surface area (Å²) in [5, 5.41) is 0.370. The van der Waals surface area contributed by atoms with Crippen molar-refractivity contribution < 1.29 is 13.6 Å². The molecule has 1 saturated heterocycles. The number of benzene rings is 1. The molecule has 7 heteroatoms. The molecule has 1 aromatic heterocycles. The smallest absolute Gasteiger partial charge is 0.232 e. The van der Waals surface area contributed by atoms with E-state index < -0.39 is 17.6 Å². The van der Waals surface area contributed by atoms with E-state index in [9.17, 15) is 13.6 Å². The molecule has 2 atom stereocenters. The number of carbonyl (C=O) groups is 1. The fourth-order valence-electron chi connectivity index (χ4n) is 3.75. The van der Waals surface area contributed by atoms with Crippen LogP contribution >= 0.6 is 11.6 Å². The van der Waals surface area contributed by atoms with Gasteiger partial charge in [0.05, 0.1) is 29.4 Å². The number of piperidine rings is 1. The highest BCUT2D eigenvalue weighted by Crippen LogP contribution is 2.36. The number of aryl methyl sites for hydroxylation is 1. The van der Waals surface area contributed by atoms with Crippen LogP contribution in [0.3, 0.4) is 0 Å². The molecule has 0 N–H and O–H groups in total. The Morgan fingerprint density at radius 2 is 2.00 bits per heavy atom. The Kier molecular flexibility index (Phi) is 4.23. The molecule has 2 aliphatic rings. The summed E-state index contributed by atoms with van der Waals surface area (Å²) in [6.07, 6.45) is 2.46. The fraction of sp³-hybridized carbons (Fsp3) is 0.316. The maximum Gasteiger partial charge on any atom is 0.232 e. The number of halogens is 3. The third-order valence-electron chi connectivity index (χ3n) is 5.02. The van der Waals surface area contributed by atoms with E-state index in [0.29, 0.717) is 29.5 Å². The number of aromatic nitrogens is 1. The van der Waals surface area contributed by atoms with Crippen molar-refractivity contribution in [3.8, 4) is 0 Å². The van der Waals surface area contributed by atoms with Crippen molar-refractivity contribution >= 4 is 28.9 Å². The van der Waals surface area contributed by atoms with Gasteiger partial charge in [0.25, 0.3) is 0 Å². The number of hydrogen-bond donors (Lipinski definition) is 0. The van der Waals surface area contributed by atoms with Gasteiger partial charge in [0.1, 0.15) is 16.8 Å². The van der Waals surface area contributed by atoms with Gasteiger partial charge in [-0.15, -0.1) is 0 Å². The summed E-state index contributed by atoms with van der Waals surface area (Å²) >= 11 is 5.89. The van der Waals surface area contributed by atoms with Crippen LogP contribution in [-0.4, -0.2) is 29.2 Å². The summed E-state index contributed by atoms with van der Waals surface area (Å²) in [6, 6.07) is 5.20. The van der Waals surface area contributed by atoms with Gasteiger partial charge in [-0.1, -0.05) is 17.7 Å². The van der Waals surface area contributed by atoms with E-state index in [0.717, 1.165) is 5.56 Å². The number of carbonyl (C=O) groups excluding carboxylic acids is 1. The number of rotatable bonds is 2. The van der Waals surface area contributed by atoms with Gasteiger partial charge in [0.15, 0.2) is 0 Å². The zero-order chi connectivity index (χ0) is 18.4. The van der Waals surface area contributed by atoms with E-state index in [1.807, 2.05) is 6.92 Å². The van der Waals surface area contributed by atoms with Crippen LogP contribution in [0.2, 0.25) is 5.15 Å². The Hall–Kier alpha value is -2.34. The largest absolute Gasteiger partial charge is 0.310 e. The fourth-order valence-corrected chi connectivity index (χ4v) is 3.97. The second-order valence-electron chi connectivity index (χ2n) is 6.62. The number of amides is 1. The van der Waals surface area contributed by atoms with Crippen LogP contribution in [0.15, 0.2) is 35.5 Å². The SMILES string of the molecule is Cc1cc(Cl)ncc1N1CCC2N=C(c3c(F)cccc3F)CC2C1=O. The van der Waals surface area contributed by atoms with Gasteiger partial charge in [-0.3, -0.25) is 9.79 Å². The highest BCUT2D eigenvalue weighted by Gasteiger charge is 2.42. The number of aliphatic imine (C=N–C) groups is 1. The van der Waals surface area contributed by atoms with Crippen LogP contribution in [0.25, 0.3) is 0 Å². The first-order chi connectivity index (χ1) is 12.5. The van der Waals surface area contributed by atoms with Crippen LogP contribution in [0.1, 0.15) is 24.0 Å². The minimum Gasteiger partial charge on any atom is -0.310 e. The predicted octanol–water partition coefficient (Wildman–Crippen LogP) is 3.94. The molecule has 1 aromatic carbocycles. The van der Waals surface area contributed by atoms with E-state index >= 15 is 0 Å².